The highest BCUT2D eigenvalue weighted by atomic mass is 16.6. The third-order valence-corrected chi connectivity index (χ3v) is 8.35. The standard InChI is InChI=1S/C25H35NO4/c1-15-9-8-12-18-13-20-21(23(28)25(15,18)3)19(24(29)30-20)14-26(4)16(2)22(27)17-10-6-5-7-11-17/h5-7,10-12,15-16,19-23,27-28H,8-9,13-14H2,1-4H3/t15-,16-,19+,20+,21-,22+,23+,25+/m0/s1. The van der Waals surface area contributed by atoms with E-state index in [0.29, 0.717) is 12.5 Å². The second-order valence-corrected chi connectivity index (χ2v) is 9.83. The molecule has 0 unspecified atom stereocenters. The van der Waals surface area contributed by atoms with Crippen LogP contribution in [0.4, 0.5) is 0 Å². The first-order chi connectivity index (χ1) is 14.2. The van der Waals surface area contributed by atoms with Gasteiger partial charge in [-0.25, -0.2) is 0 Å². The SMILES string of the molecule is C[C@@H]([C@@H](O)c1ccccc1)N(C)C[C@H]1C(=O)O[C@@H]2CC3=CCC[C@H](C)[C@@]3(C)[C@H](O)[C@H]21. The van der Waals surface area contributed by atoms with Crippen molar-refractivity contribution in [3.63, 3.8) is 0 Å². The normalized spacial score (nSPS) is 37.8. The third-order valence-electron chi connectivity index (χ3n) is 8.35. The Kier molecular flexibility index (Phi) is 5.82. The molecule has 1 aromatic rings. The van der Waals surface area contributed by atoms with Gasteiger partial charge in [0, 0.05) is 30.3 Å². The van der Waals surface area contributed by atoms with Crippen LogP contribution in [-0.2, 0) is 9.53 Å². The number of hydrogen-bond acceptors (Lipinski definition) is 5. The molecule has 30 heavy (non-hydrogen) atoms. The van der Waals surface area contributed by atoms with Crippen molar-refractivity contribution in [2.75, 3.05) is 13.6 Å². The van der Waals surface area contributed by atoms with Gasteiger partial charge in [-0.3, -0.25) is 9.69 Å². The molecule has 2 aliphatic carbocycles. The van der Waals surface area contributed by atoms with Gasteiger partial charge in [-0.2, -0.15) is 0 Å². The van der Waals surface area contributed by atoms with E-state index >= 15 is 0 Å². The maximum atomic E-state index is 12.8. The average molecular weight is 414 g/mol. The Hall–Kier alpha value is -1.69. The Morgan fingerprint density at radius 2 is 2.00 bits per heavy atom. The molecule has 0 amide bonds. The molecular formula is C25H35NO4. The molecule has 1 heterocycles. The molecule has 2 N–H and O–H groups in total. The molecule has 0 radical (unpaired) electrons. The second kappa shape index (κ2) is 8.10. The molecule has 1 saturated heterocycles. The van der Waals surface area contributed by atoms with Gasteiger partial charge in [-0.15, -0.1) is 0 Å². The Balaban J connectivity index is 1.52. The molecule has 1 aromatic carbocycles. The van der Waals surface area contributed by atoms with E-state index in [9.17, 15) is 15.0 Å². The molecule has 1 aliphatic heterocycles. The van der Waals surface area contributed by atoms with E-state index in [1.165, 1.54) is 5.57 Å². The number of benzene rings is 1. The second-order valence-electron chi connectivity index (χ2n) is 9.83. The summed E-state index contributed by atoms with van der Waals surface area (Å²) >= 11 is 0. The van der Waals surface area contributed by atoms with Crippen LogP contribution in [-0.4, -0.2) is 52.9 Å². The first-order valence-corrected chi connectivity index (χ1v) is 11.3. The molecule has 5 nitrogen and oxygen atoms in total. The van der Waals surface area contributed by atoms with Crippen molar-refractivity contribution in [3.05, 3.63) is 47.5 Å². The predicted octanol–water partition coefficient (Wildman–Crippen LogP) is 3.33. The van der Waals surface area contributed by atoms with Crippen LogP contribution in [0.3, 0.4) is 0 Å². The van der Waals surface area contributed by atoms with Gasteiger partial charge in [0.25, 0.3) is 0 Å². The minimum absolute atomic E-state index is 0.167. The summed E-state index contributed by atoms with van der Waals surface area (Å²) in [6, 6.07) is 9.43. The maximum Gasteiger partial charge on any atom is 0.311 e. The van der Waals surface area contributed by atoms with Gasteiger partial charge in [-0.05, 0) is 38.3 Å². The van der Waals surface area contributed by atoms with Crippen LogP contribution in [0, 0.1) is 23.2 Å². The average Bonchev–Trinajstić information content (AvgIpc) is 3.05. The van der Waals surface area contributed by atoms with Crippen LogP contribution in [0.25, 0.3) is 0 Å². The lowest BCUT2D eigenvalue weighted by atomic mass is 9.55. The number of ether oxygens (including phenoxy) is 1. The van der Waals surface area contributed by atoms with Crippen molar-refractivity contribution in [1.29, 1.82) is 0 Å². The van der Waals surface area contributed by atoms with E-state index in [4.69, 9.17) is 4.74 Å². The van der Waals surface area contributed by atoms with E-state index in [1.54, 1.807) is 0 Å². The quantitative estimate of drug-likeness (QED) is 0.572. The molecule has 8 atom stereocenters. The molecule has 3 aliphatic rings. The summed E-state index contributed by atoms with van der Waals surface area (Å²) < 4.78 is 5.77. The Labute approximate surface area is 179 Å². The highest BCUT2D eigenvalue weighted by Gasteiger charge is 2.59. The van der Waals surface area contributed by atoms with E-state index in [-0.39, 0.29) is 35.4 Å². The van der Waals surface area contributed by atoms with Crippen LogP contribution in [0.2, 0.25) is 0 Å². The fourth-order valence-corrected chi connectivity index (χ4v) is 5.92. The summed E-state index contributed by atoms with van der Waals surface area (Å²) in [7, 11) is 1.93. The summed E-state index contributed by atoms with van der Waals surface area (Å²) in [6.07, 6.45) is 3.59. The van der Waals surface area contributed by atoms with E-state index < -0.39 is 12.2 Å². The smallest absolute Gasteiger partial charge is 0.311 e. The van der Waals surface area contributed by atoms with Gasteiger partial charge >= 0.3 is 5.97 Å². The number of aliphatic hydroxyl groups is 2. The monoisotopic (exact) mass is 413 g/mol. The highest BCUT2D eigenvalue weighted by Crippen LogP contribution is 2.56. The molecule has 0 aromatic heterocycles. The van der Waals surface area contributed by atoms with Crippen LogP contribution in [0.5, 0.6) is 0 Å². The molecule has 0 bridgehead atoms. The molecular weight excluding hydrogens is 378 g/mol. The molecule has 4 rings (SSSR count). The minimum Gasteiger partial charge on any atom is -0.461 e. The van der Waals surface area contributed by atoms with Gasteiger partial charge in [0.1, 0.15) is 6.10 Å². The van der Waals surface area contributed by atoms with Crippen molar-refractivity contribution >= 4 is 5.97 Å². The lowest BCUT2D eigenvalue weighted by Crippen LogP contribution is -2.55. The van der Waals surface area contributed by atoms with Crippen LogP contribution >= 0.6 is 0 Å². The first kappa shape index (κ1) is 21.5. The third kappa shape index (κ3) is 3.41. The topological polar surface area (TPSA) is 70.0 Å². The Morgan fingerprint density at radius 3 is 2.70 bits per heavy atom. The molecule has 2 fully saturated rings. The molecule has 1 saturated carbocycles. The molecule has 5 heteroatoms. The zero-order valence-electron chi connectivity index (χ0n) is 18.5. The van der Waals surface area contributed by atoms with Gasteiger partial charge in [0.2, 0.25) is 0 Å². The van der Waals surface area contributed by atoms with E-state index in [2.05, 4.69) is 19.9 Å². The van der Waals surface area contributed by atoms with Crippen LogP contribution in [0.1, 0.15) is 51.7 Å². The van der Waals surface area contributed by atoms with Gasteiger partial charge in [-0.1, -0.05) is 55.8 Å². The Morgan fingerprint density at radius 1 is 1.30 bits per heavy atom. The maximum absolute atomic E-state index is 12.8. The fraction of sp³-hybridized carbons (Fsp3) is 0.640. The summed E-state index contributed by atoms with van der Waals surface area (Å²) in [5.41, 5.74) is 1.82. The number of likely N-dealkylation sites (N-methyl/N-ethyl adjacent to an activating group) is 1. The minimum atomic E-state index is -0.647. The number of rotatable bonds is 5. The first-order valence-electron chi connectivity index (χ1n) is 11.3. The fourth-order valence-electron chi connectivity index (χ4n) is 5.92. The lowest BCUT2D eigenvalue weighted by molar-refractivity contribution is -0.145. The highest BCUT2D eigenvalue weighted by molar-refractivity contribution is 5.76. The van der Waals surface area contributed by atoms with Gasteiger partial charge in [0.05, 0.1) is 18.1 Å². The van der Waals surface area contributed by atoms with Crippen molar-refractivity contribution in [1.82, 2.24) is 4.90 Å². The number of nitrogens with zero attached hydrogens (tertiary/aromatic N) is 1. The lowest BCUT2D eigenvalue weighted by Gasteiger charge is -2.52. The summed E-state index contributed by atoms with van der Waals surface area (Å²) in [4.78, 5) is 14.9. The number of carbonyl (C=O) groups excluding carboxylic acids is 1. The van der Waals surface area contributed by atoms with Crippen molar-refractivity contribution < 1.29 is 19.7 Å². The number of carbonyl (C=O) groups is 1. The zero-order chi connectivity index (χ0) is 21.6. The van der Waals surface area contributed by atoms with Crippen molar-refractivity contribution in [2.45, 2.75) is 64.4 Å². The Bertz CT molecular complexity index is 809. The summed E-state index contributed by atoms with van der Waals surface area (Å²) in [6.45, 7) is 6.81. The van der Waals surface area contributed by atoms with Crippen LogP contribution in [0.15, 0.2) is 42.0 Å². The number of hydrogen-bond donors (Lipinski definition) is 2. The van der Waals surface area contributed by atoms with Crippen molar-refractivity contribution in [2.24, 2.45) is 23.2 Å². The predicted molar refractivity (Wildman–Crippen MR) is 116 cm³/mol. The van der Waals surface area contributed by atoms with Crippen molar-refractivity contribution in [3.8, 4) is 0 Å². The van der Waals surface area contributed by atoms with E-state index in [0.717, 1.165) is 24.8 Å². The number of fused-ring (bicyclic) bond motifs is 2. The van der Waals surface area contributed by atoms with E-state index in [1.807, 2.05) is 49.2 Å². The zero-order valence-corrected chi connectivity index (χ0v) is 18.5. The number of esters is 1. The largest absolute Gasteiger partial charge is 0.461 e. The van der Waals surface area contributed by atoms with Gasteiger partial charge in [0.15, 0.2) is 0 Å². The molecule has 0 spiro atoms. The summed E-state index contributed by atoms with van der Waals surface area (Å²) in [5, 5.41) is 22.3. The van der Waals surface area contributed by atoms with Gasteiger partial charge < -0.3 is 14.9 Å². The number of aliphatic hydroxyl groups excluding tert-OH is 2. The molecule has 164 valence electrons. The van der Waals surface area contributed by atoms with Crippen LogP contribution < -0.4 is 0 Å². The summed E-state index contributed by atoms with van der Waals surface area (Å²) in [5.74, 6) is -0.425. The number of allylic oxidation sites excluding steroid dienone is 1.